The Bertz CT molecular complexity index is 1320. The van der Waals surface area contributed by atoms with E-state index in [9.17, 15) is 0 Å². The smallest absolute Gasteiger partial charge is 0.0719 e. The molecule has 3 aromatic carbocycles. The van der Waals surface area contributed by atoms with Crippen molar-refractivity contribution >= 4 is 31.5 Å². The van der Waals surface area contributed by atoms with Crippen LogP contribution in [0.25, 0.3) is 42.6 Å². The minimum atomic E-state index is 0.107. The van der Waals surface area contributed by atoms with E-state index in [0.29, 0.717) is 0 Å². The highest BCUT2D eigenvalue weighted by molar-refractivity contribution is 7.26. The largest absolute Gasteiger partial charge is 0.256 e. The zero-order valence-corrected chi connectivity index (χ0v) is 17.8. The predicted molar refractivity (Wildman–Crippen MR) is 127 cm³/mol. The lowest BCUT2D eigenvalue weighted by molar-refractivity contribution is 0.589. The molecule has 0 saturated carbocycles. The molecule has 0 atom stereocenters. The maximum absolute atomic E-state index is 4.72. The van der Waals surface area contributed by atoms with E-state index in [1.165, 1.54) is 42.4 Å². The van der Waals surface area contributed by atoms with Crippen LogP contribution < -0.4 is 0 Å². The molecule has 0 amide bonds. The lowest BCUT2D eigenvalue weighted by atomic mass is 9.87. The van der Waals surface area contributed by atoms with E-state index < -0.39 is 0 Å². The van der Waals surface area contributed by atoms with Gasteiger partial charge in [-0.15, -0.1) is 11.3 Å². The van der Waals surface area contributed by atoms with Gasteiger partial charge in [-0.2, -0.15) is 0 Å². The first-order chi connectivity index (χ1) is 14.0. The molecule has 142 valence electrons. The van der Waals surface area contributed by atoms with Crippen molar-refractivity contribution in [1.29, 1.82) is 0 Å². The number of nitrogens with zero attached hydrogens (tertiary/aromatic N) is 1. The first kappa shape index (κ1) is 18.1. The number of aromatic nitrogens is 1. The van der Waals surface area contributed by atoms with Crippen LogP contribution in [0.1, 0.15) is 26.3 Å². The average Bonchev–Trinajstić information content (AvgIpc) is 3.12. The number of hydrogen-bond acceptors (Lipinski definition) is 2. The minimum Gasteiger partial charge on any atom is -0.256 e. The fraction of sp³-hybridized carbons (Fsp3) is 0.148. The monoisotopic (exact) mass is 393 g/mol. The Hall–Kier alpha value is -2.97. The van der Waals surface area contributed by atoms with Crippen molar-refractivity contribution in [2.24, 2.45) is 0 Å². The summed E-state index contributed by atoms with van der Waals surface area (Å²) in [4.78, 5) is 4.72. The van der Waals surface area contributed by atoms with Gasteiger partial charge in [-0.05, 0) is 46.4 Å². The van der Waals surface area contributed by atoms with Crippen molar-refractivity contribution in [2.45, 2.75) is 26.2 Å². The van der Waals surface area contributed by atoms with Gasteiger partial charge in [0.05, 0.1) is 5.69 Å². The fourth-order valence-corrected chi connectivity index (χ4v) is 5.06. The summed E-state index contributed by atoms with van der Waals surface area (Å²) in [6, 6.07) is 28.4. The van der Waals surface area contributed by atoms with Crippen molar-refractivity contribution in [3.05, 3.63) is 90.6 Å². The number of benzene rings is 3. The highest BCUT2D eigenvalue weighted by Crippen LogP contribution is 2.41. The summed E-state index contributed by atoms with van der Waals surface area (Å²) in [5.74, 6) is 0. The molecule has 0 aliphatic rings. The SMILES string of the molecule is CC(C)(C)c1ccnc(-c2cccc3c2sc2ccc(-c4ccccc4)cc23)c1. The summed E-state index contributed by atoms with van der Waals surface area (Å²) in [5, 5.41) is 2.63. The molecule has 0 radical (unpaired) electrons. The molecule has 0 N–H and O–H groups in total. The maximum atomic E-state index is 4.72. The molecular formula is C27H23NS. The van der Waals surface area contributed by atoms with Crippen molar-refractivity contribution < 1.29 is 0 Å². The van der Waals surface area contributed by atoms with Gasteiger partial charge in [0.2, 0.25) is 0 Å². The second-order valence-electron chi connectivity index (χ2n) is 8.54. The highest BCUT2D eigenvalue weighted by Gasteiger charge is 2.16. The summed E-state index contributed by atoms with van der Waals surface area (Å²) in [5.41, 5.74) is 6.21. The Morgan fingerprint density at radius 3 is 2.34 bits per heavy atom. The van der Waals surface area contributed by atoms with Crippen LogP contribution >= 0.6 is 11.3 Å². The van der Waals surface area contributed by atoms with Gasteiger partial charge < -0.3 is 0 Å². The van der Waals surface area contributed by atoms with Gasteiger partial charge in [0.25, 0.3) is 0 Å². The van der Waals surface area contributed by atoms with E-state index >= 15 is 0 Å². The van der Waals surface area contributed by atoms with Crippen LogP contribution in [-0.2, 0) is 5.41 Å². The van der Waals surface area contributed by atoms with Crippen LogP contribution in [0.15, 0.2) is 85.1 Å². The minimum absolute atomic E-state index is 0.107. The van der Waals surface area contributed by atoms with Crippen molar-refractivity contribution in [3.8, 4) is 22.4 Å². The summed E-state index contributed by atoms with van der Waals surface area (Å²) < 4.78 is 2.63. The number of thiophene rings is 1. The first-order valence-corrected chi connectivity index (χ1v) is 10.8. The Labute approximate surface area is 175 Å². The van der Waals surface area contributed by atoms with E-state index in [4.69, 9.17) is 4.98 Å². The Kier molecular flexibility index (Phi) is 4.25. The molecule has 0 aliphatic carbocycles. The quantitative estimate of drug-likeness (QED) is 0.295. The van der Waals surface area contributed by atoms with E-state index in [0.717, 1.165) is 5.69 Å². The van der Waals surface area contributed by atoms with Gasteiger partial charge in [0.15, 0.2) is 0 Å². The van der Waals surface area contributed by atoms with Gasteiger partial charge >= 0.3 is 0 Å². The molecule has 1 nitrogen and oxygen atoms in total. The predicted octanol–water partition coefficient (Wildman–Crippen LogP) is 8.08. The van der Waals surface area contributed by atoms with Crippen LogP contribution in [0.4, 0.5) is 0 Å². The molecule has 0 aliphatic heterocycles. The third-order valence-electron chi connectivity index (χ3n) is 5.51. The Morgan fingerprint density at radius 1 is 0.724 bits per heavy atom. The van der Waals surface area contributed by atoms with Crippen LogP contribution in [0.3, 0.4) is 0 Å². The van der Waals surface area contributed by atoms with Crippen LogP contribution in [0, 0.1) is 0 Å². The molecule has 2 heteroatoms. The Morgan fingerprint density at radius 2 is 1.55 bits per heavy atom. The summed E-state index contributed by atoms with van der Waals surface area (Å²) in [6.45, 7) is 6.74. The zero-order chi connectivity index (χ0) is 20.0. The molecule has 0 unspecified atom stereocenters. The molecule has 0 spiro atoms. The summed E-state index contributed by atoms with van der Waals surface area (Å²) in [7, 11) is 0. The van der Waals surface area contributed by atoms with E-state index in [1.807, 2.05) is 17.5 Å². The fourth-order valence-electron chi connectivity index (χ4n) is 3.85. The van der Waals surface area contributed by atoms with E-state index in [-0.39, 0.29) is 5.41 Å². The number of rotatable bonds is 2. The van der Waals surface area contributed by atoms with Crippen LogP contribution in [0.5, 0.6) is 0 Å². The molecule has 2 aromatic heterocycles. The molecule has 5 rings (SSSR count). The number of hydrogen-bond donors (Lipinski definition) is 0. The third kappa shape index (κ3) is 3.24. The first-order valence-electron chi connectivity index (χ1n) is 9.98. The summed E-state index contributed by atoms with van der Waals surface area (Å²) in [6.07, 6.45) is 1.94. The van der Waals surface area contributed by atoms with Crippen molar-refractivity contribution in [3.63, 3.8) is 0 Å². The van der Waals surface area contributed by atoms with Crippen molar-refractivity contribution in [1.82, 2.24) is 4.98 Å². The second-order valence-corrected chi connectivity index (χ2v) is 9.59. The van der Waals surface area contributed by atoms with Gasteiger partial charge in [-0.3, -0.25) is 4.98 Å². The zero-order valence-electron chi connectivity index (χ0n) is 16.9. The Balaban J connectivity index is 1.71. The van der Waals surface area contributed by atoms with Gasteiger partial charge in [0, 0.05) is 31.9 Å². The molecule has 0 fully saturated rings. The topological polar surface area (TPSA) is 12.9 Å². The molecule has 29 heavy (non-hydrogen) atoms. The normalized spacial score (nSPS) is 12.0. The van der Waals surface area contributed by atoms with Gasteiger partial charge in [-0.1, -0.05) is 75.4 Å². The number of fused-ring (bicyclic) bond motifs is 3. The van der Waals surface area contributed by atoms with Crippen molar-refractivity contribution in [2.75, 3.05) is 0 Å². The average molecular weight is 394 g/mol. The van der Waals surface area contributed by atoms with Gasteiger partial charge in [0.1, 0.15) is 0 Å². The number of pyridine rings is 1. The molecule has 0 saturated heterocycles. The van der Waals surface area contributed by atoms with Gasteiger partial charge in [-0.25, -0.2) is 0 Å². The van der Waals surface area contributed by atoms with Crippen LogP contribution in [0.2, 0.25) is 0 Å². The molecule has 2 heterocycles. The molecule has 5 aromatic rings. The summed E-state index contributed by atoms with van der Waals surface area (Å²) >= 11 is 1.86. The molecule has 0 bridgehead atoms. The van der Waals surface area contributed by atoms with E-state index in [2.05, 4.69) is 99.6 Å². The highest BCUT2D eigenvalue weighted by atomic mass is 32.1. The maximum Gasteiger partial charge on any atom is 0.0719 e. The van der Waals surface area contributed by atoms with E-state index in [1.54, 1.807) is 0 Å². The van der Waals surface area contributed by atoms with Crippen LogP contribution in [-0.4, -0.2) is 4.98 Å². The second kappa shape index (κ2) is 6.82. The standard InChI is InChI=1S/C27H23NS/c1-27(2,3)20-14-15-28-24(17-20)22-11-7-10-21-23-16-19(18-8-5-4-6-9-18)12-13-25(23)29-26(21)22/h4-17H,1-3H3. The molecular weight excluding hydrogens is 370 g/mol. The third-order valence-corrected chi connectivity index (χ3v) is 6.73. The lowest BCUT2D eigenvalue weighted by Gasteiger charge is -2.19. The lowest BCUT2D eigenvalue weighted by Crippen LogP contribution is -2.11.